The molecule has 0 radical (unpaired) electrons. The first kappa shape index (κ1) is 40.9. The molecule has 11 nitrogen and oxygen atoms in total. The van der Waals surface area contributed by atoms with Crippen LogP contribution in [0, 0.1) is 0 Å². The van der Waals surface area contributed by atoms with Crippen molar-refractivity contribution in [3.05, 3.63) is 127 Å². The van der Waals surface area contributed by atoms with E-state index in [0.717, 1.165) is 23.1 Å². The molecule has 0 spiro atoms. The van der Waals surface area contributed by atoms with E-state index in [1.165, 1.54) is 29.8 Å². The number of para-hydroxylation sites is 1. The van der Waals surface area contributed by atoms with E-state index in [4.69, 9.17) is 44.3 Å². The average Bonchev–Trinajstić information content (AvgIpc) is 3.43. The second kappa shape index (κ2) is 17.1. The smallest absolute Gasteiger partial charge is 0.417 e. The first-order valence-corrected chi connectivity index (χ1v) is 18.7. The normalized spacial score (nSPS) is 11.5. The second-order valence-electron chi connectivity index (χ2n) is 14.1. The fraction of sp³-hybridized carbons (Fsp3) is 0.268. The van der Waals surface area contributed by atoms with Crippen LogP contribution in [0.3, 0.4) is 0 Å². The third-order valence-corrected chi connectivity index (χ3v) is 10.3. The van der Waals surface area contributed by atoms with Crippen LogP contribution in [0.15, 0.2) is 89.7 Å². The molecule has 288 valence electrons. The fourth-order valence-electron chi connectivity index (χ4n) is 5.53. The van der Waals surface area contributed by atoms with Gasteiger partial charge in [-0.3, -0.25) is 24.8 Å². The number of rotatable bonds is 13. The van der Waals surface area contributed by atoms with E-state index >= 15 is 0 Å². The Labute approximate surface area is 334 Å². The zero-order valence-corrected chi connectivity index (χ0v) is 33.5. The van der Waals surface area contributed by atoms with Crippen molar-refractivity contribution in [3.8, 4) is 17.2 Å². The van der Waals surface area contributed by atoms with E-state index in [1.807, 2.05) is 12.1 Å². The van der Waals surface area contributed by atoms with E-state index in [1.54, 1.807) is 42.5 Å². The largest absolute Gasteiger partial charge is 0.483 e. The maximum atomic E-state index is 13.7. The number of carbonyl (C=O) groups excluding carboxylic acids is 3. The van der Waals surface area contributed by atoms with Crippen molar-refractivity contribution in [1.29, 1.82) is 0 Å². The molecule has 0 unspecified atom stereocenters. The van der Waals surface area contributed by atoms with Gasteiger partial charge in [-0.25, -0.2) is 9.48 Å². The number of ether oxygens (including phenoxy) is 2. The lowest BCUT2D eigenvalue weighted by atomic mass is 9.76. The molecular formula is C41H42Cl3N5O6. The van der Waals surface area contributed by atoms with Crippen LogP contribution in [0.25, 0.3) is 5.69 Å². The highest BCUT2D eigenvalue weighted by molar-refractivity contribution is 6.40. The van der Waals surface area contributed by atoms with E-state index in [2.05, 4.69) is 68.7 Å². The Balaban J connectivity index is 1.35. The van der Waals surface area contributed by atoms with Crippen LogP contribution in [0.2, 0.25) is 15.1 Å². The first-order valence-electron chi connectivity index (χ1n) is 17.6. The van der Waals surface area contributed by atoms with Gasteiger partial charge >= 0.3 is 11.7 Å². The Bertz CT molecular complexity index is 2260. The third-order valence-electron chi connectivity index (χ3n) is 9.53. The summed E-state index contributed by atoms with van der Waals surface area (Å²) in [6, 6.07) is 23.5. The van der Waals surface area contributed by atoms with Crippen LogP contribution in [0.4, 0.5) is 22.0 Å². The minimum atomic E-state index is -1.00. The van der Waals surface area contributed by atoms with Gasteiger partial charge in [0.25, 0.3) is 11.8 Å². The summed E-state index contributed by atoms with van der Waals surface area (Å²) in [7, 11) is 0. The molecule has 0 fully saturated rings. The predicted molar refractivity (Wildman–Crippen MR) is 219 cm³/mol. The van der Waals surface area contributed by atoms with Crippen molar-refractivity contribution in [2.75, 3.05) is 22.6 Å². The van der Waals surface area contributed by atoms with Crippen LogP contribution >= 0.6 is 34.8 Å². The summed E-state index contributed by atoms with van der Waals surface area (Å²) in [6.07, 6.45) is 0.837. The average molecular weight is 807 g/mol. The molecule has 0 atom stereocenters. The van der Waals surface area contributed by atoms with Crippen molar-refractivity contribution in [2.24, 2.45) is 0 Å². The summed E-state index contributed by atoms with van der Waals surface area (Å²) in [5.74, 6) is -1.34. The minimum absolute atomic E-state index is 0.00426. The molecule has 0 saturated carbocycles. The molecule has 0 saturated heterocycles. The molecule has 55 heavy (non-hydrogen) atoms. The van der Waals surface area contributed by atoms with E-state index < -0.39 is 29.2 Å². The number of H-pyrrole nitrogens is 1. The standard InChI is InChI=1S/C41H42Cl3N5O6/c1-7-40(3,4)25-17-18-32(29(20-25)41(5,6)8-2)54-23-33(50)45-28-16-12-13-24(19-28)37(51)47-36-35(55-39(53)46-27-14-10-9-11-15-27)38(52)49(48-36)34-30(43)21-26(42)22-31(34)44/h9-22,48H,7-8,23H2,1-6H3,(H,45,50)(H,46,53)(H,47,51). The van der Waals surface area contributed by atoms with E-state index in [9.17, 15) is 19.2 Å². The second-order valence-corrected chi connectivity index (χ2v) is 15.4. The summed E-state index contributed by atoms with van der Waals surface area (Å²) in [4.78, 5) is 53.3. The number of benzene rings is 4. The maximum absolute atomic E-state index is 13.7. The molecule has 0 aliphatic heterocycles. The summed E-state index contributed by atoms with van der Waals surface area (Å²) in [5.41, 5.74) is 1.96. The Morgan fingerprint density at radius 1 is 0.764 bits per heavy atom. The number of carbonyl (C=O) groups is 3. The lowest BCUT2D eigenvalue weighted by Crippen LogP contribution is -2.24. The van der Waals surface area contributed by atoms with Gasteiger partial charge in [0, 0.05) is 27.5 Å². The SMILES string of the molecule is CCC(C)(C)c1ccc(OCC(=O)Nc2cccc(C(=O)Nc3[nH]n(-c4c(Cl)cc(Cl)cc4Cl)c(=O)c3OC(=O)Nc3ccccc3)c2)c(C(C)(C)CC)c1. The highest BCUT2D eigenvalue weighted by Crippen LogP contribution is 2.39. The van der Waals surface area contributed by atoms with Crippen LogP contribution in [0.1, 0.15) is 75.9 Å². The van der Waals surface area contributed by atoms with E-state index in [-0.39, 0.29) is 49.6 Å². The molecule has 0 aliphatic rings. The van der Waals surface area contributed by atoms with Crippen LogP contribution in [0.5, 0.6) is 11.5 Å². The van der Waals surface area contributed by atoms with Crippen molar-refractivity contribution in [3.63, 3.8) is 0 Å². The third kappa shape index (κ3) is 9.72. The molecule has 4 N–H and O–H groups in total. The predicted octanol–water partition coefficient (Wildman–Crippen LogP) is 10.4. The van der Waals surface area contributed by atoms with Crippen molar-refractivity contribution in [2.45, 2.75) is 65.2 Å². The topological polar surface area (TPSA) is 144 Å². The number of amides is 3. The maximum Gasteiger partial charge on any atom is 0.417 e. The van der Waals surface area contributed by atoms with Gasteiger partial charge in [0.2, 0.25) is 5.75 Å². The fourth-order valence-corrected chi connectivity index (χ4v) is 6.51. The summed E-state index contributed by atoms with van der Waals surface area (Å²) in [5, 5.41) is 10.8. The van der Waals surface area contributed by atoms with Crippen molar-refractivity contribution in [1.82, 2.24) is 9.78 Å². The van der Waals surface area contributed by atoms with Gasteiger partial charge in [-0.05, 0) is 77.8 Å². The number of hydrogen-bond donors (Lipinski definition) is 4. The van der Waals surface area contributed by atoms with Gasteiger partial charge in [-0.2, -0.15) is 0 Å². The molecule has 1 aromatic heterocycles. The lowest BCUT2D eigenvalue weighted by molar-refractivity contribution is -0.118. The molecule has 0 bridgehead atoms. The van der Waals surface area contributed by atoms with Crippen LogP contribution in [-0.4, -0.2) is 34.3 Å². The highest BCUT2D eigenvalue weighted by atomic mass is 35.5. The molecular weight excluding hydrogens is 765 g/mol. The Kier molecular flexibility index (Phi) is 12.7. The number of hydrogen-bond acceptors (Lipinski definition) is 6. The lowest BCUT2D eigenvalue weighted by Gasteiger charge is -2.30. The molecule has 5 aromatic rings. The van der Waals surface area contributed by atoms with E-state index in [0.29, 0.717) is 17.1 Å². The summed E-state index contributed by atoms with van der Waals surface area (Å²) >= 11 is 18.9. The minimum Gasteiger partial charge on any atom is -0.483 e. The number of nitrogens with zero attached hydrogens (tertiary/aromatic N) is 1. The molecule has 14 heteroatoms. The quantitative estimate of drug-likeness (QED) is 0.0933. The molecule has 4 aromatic carbocycles. The zero-order chi connectivity index (χ0) is 40.1. The first-order chi connectivity index (χ1) is 26.0. The van der Waals surface area contributed by atoms with Crippen LogP contribution < -0.4 is 31.0 Å². The zero-order valence-electron chi connectivity index (χ0n) is 31.2. The Morgan fingerprint density at radius 2 is 1.42 bits per heavy atom. The monoisotopic (exact) mass is 805 g/mol. The Hall–Kier alpha value is -5.23. The van der Waals surface area contributed by atoms with Gasteiger partial charge in [0.05, 0.1) is 10.0 Å². The summed E-state index contributed by atoms with van der Waals surface area (Å²) in [6.45, 7) is 12.7. The van der Waals surface area contributed by atoms with Gasteiger partial charge in [0.1, 0.15) is 11.4 Å². The number of aromatic amines is 1. The van der Waals surface area contributed by atoms with Gasteiger partial charge in [-0.1, -0.05) is 113 Å². The van der Waals surface area contributed by atoms with Crippen molar-refractivity contribution >= 4 is 69.9 Å². The number of aromatic nitrogens is 2. The number of halogens is 3. The van der Waals surface area contributed by atoms with Crippen LogP contribution in [-0.2, 0) is 15.6 Å². The highest BCUT2D eigenvalue weighted by Gasteiger charge is 2.28. The molecule has 3 amide bonds. The Morgan fingerprint density at radius 3 is 2.07 bits per heavy atom. The van der Waals surface area contributed by atoms with Gasteiger partial charge < -0.3 is 20.1 Å². The molecule has 5 rings (SSSR count). The molecule has 1 heterocycles. The number of anilines is 3. The van der Waals surface area contributed by atoms with Crippen molar-refractivity contribution < 1.29 is 23.9 Å². The van der Waals surface area contributed by atoms with Gasteiger partial charge in [0.15, 0.2) is 12.4 Å². The molecule has 0 aliphatic carbocycles. The van der Waals surface area contributed by atoms with Gasteiger partial charge in [-0.15, -0.1) is 0 Å². The number of nitrogens with one attached hydrogen (secondary N) is 4. The summed E-state index contributed by atoms with van der Waals surface area (Å²) < 4.78 is 12.4.